The Bertz CT molecular complexity index is 280. The first-order valence-electron chi connectivity index (χ1n) is 5.10. The van der Waals surface area contributed by atoms with E-state index in [4.69, 9.17) is 4.52 Å². The molecule has 5 nitrogen and oxygen atoms in total. The summed E-state index contributed by atoms with van der Waals surface area (Å²) < 4.78 is 5.14. The van der Waals surface area contributed by atoms with Crippen LogP contribution in [-0.2, 0) is 6.42 Å². The van der Waals surface area contributed by atoms with Crippen LogP contribution >= 0.6 is 0 Å². The Morgan fingerprint density at radius 2 is 2.57 bits per heavy atom. The molecule has 1 aliphatic rings. The SMILES string of the molecule is CNCCc1nc(C2CCCN2)no1. The van der Waals surface area contributed by atoms with Crippen LogP contribution in [0, 0.1) is 0 Å². The van der Waals surface area contributed by atoms with Gasteiger partial charge in [-0.05, 0) is 26.4 Å². The van der Waals surface area contributed by atoms with Crippen LogP contribution < -0.4 is 10.6 Å². The van der Waals surface area contributed by atoms with Gasteiger partial charge in [-0.1, -0.05) is 5.16 Å². The fourth-order valence-electron chi connectivity index (χ4n) is 1.65. The predicted molar refractivity (Wildman–Crippen MR) is 51.9 cm³/mol. The second-order valence-electron chi connectivity index (χ2n) is 3.55. The van der Waals surface area contributed by atoms with Crippen molar-refractivity contribution >= 4 is 0 Å². The quantitative estimate of drug-likeness (QED) is 0.723. The molecule has 0 saturated carbocycles. The molecule has 2 heterocycles. The maximum absolute atomic E-state index is 5.14. The summed E-state index contributed by atoms with van der Waals surface area (Å²) in [5.74, 6) is 1.54. The molecule has 0 spiro atoms. The number of nitrogens with zero attached hydrogens (tertiary/aromatic N) is 2. The Labute approximate surface area is 83.3 Å². The van der Waals surface area contributed by atoms with Crippen LogP contribution in [0.15, 0.2) is 4.52 Å². The number of aromatic nitrogens is 2. The molecule has 1 saturated heterocycles. The van der Waals surface area contributed by atoms with E-state index < -0.39 is 0 Å². The molecule has 1 aromatic rings. The standard InChI is InChI=1S/C9H16N4O/c1-10-6-4-8-12-9(13-14-8)7-3-2-5-11-7/h7,10-11H,2-6H2,1H3. The number of hydrogen-bond donors (Lipinski definition) is 2. The molecule has 1 atom stereocenters. The van der Waals surface area contributed by atoms with Crippen molar-refractivity contribution < 1.29 is 4.52 Å². The van der Waals surface area contributed by atoms with Crippen molar-refractivity contribution in [3.8, 4) is 0 Å². The molecule has 1 aromatic heterocycles. The van der Waals surface area contributed by atoms with E-state index in [1.807, 2.05) is 7.05 Å². The van der Waals surface area contributed by atoms with Gasteiger partial charge in [0, 0.05) is 13.0 Å². The zero-order chi connectivity index (χ0) is 9.80. The van der Waals surface area contributed by atoms with Crippen molar-refractivity contribution in [3.05, 3.63) is 11.7 Å². The molecule has 0 radical (unpaired) electrons. The summed E-state index contributed by atoms with van der Waals surface area (Å²) >= 11 is 0. The minimum absolute atomic E-state index is 0.307. The highest BCUT2D eigenvalue weighted by atomic mass is 16.5. The fraction of sp³-hybridized carbons (Fsp3) is 0.778. The van der Waals surface area contributed by atoms with Gasteiger partial charge in [-0.25, -0.2) is 0 Å². The van der Waals surface area contributed by atoms with Crippen LogP contribution in [0.25, 0.3) is 0 Å². The predicted octanol–water partition coefficient (Wildman–Crippen LogP) is 0.256. The highest BCUT2D eigenvalue weighted by Gasteiger charge is 2.21. The number of hydrogen-bond acceptors (Lipinski definition) is 5. The minimum Gasteiger partial charge on any atom is -0.339 e. The Morgan fingerprint density at radius 3 is 3.29 bits per heavy atom. The van der Waals surface area contributed by atoms with Crippen molar-refractivity contribution in [2.75, 3.05) is 20.1 Å². The fourth-order valence-corrected chi connectivity index (χ4v) is 1.65. The van der Waals surface area contributed by atoms with Crippen LogP contribution in [-0.4, -0.2) is 30.3 Å². The van der Waals surface area contributed by atoms with Crippen molar-refractivity contribution in [3.63, 3.8) is 0 Å². The monoisotopic (exact) mass is 196 g/mol. The lowest BCUT2D eigenvalue weighted by Crippen LogP contribution is -2.14. The van der Waals surface area contributed by atoms with Crippen LogP contribution in [0.5, 0.6) is 0 Å². The van der Waals surface area contributed by atoms with Crippen LogP contribution in [0.1, 0.15) is 30.6 Å². The van der Waals surface area contributed by atoms with Crippen LogP contribution in [0.4, 0.5) is 0 Å². The Morgan fingerprint density at radius 1 is 1.64 bits per heavy atom. The lowest BCUT2D eigenvalue weighted by molar-refractivity contribution is 0.367. The van der Waals surface area contributed by atoms with E-state index in [0.717, 1.165) is 37.6 Å². The van der Waals surface area contributed by atoms with Gasteiger partial charge in [0.05, 0.1) is 6.04 Å². The molecule has 0 bridgehead atoms. The molecule has 0 aliphatic carbocycles. The first-order chi connectivity index (χ1) is 6.90. The first kappa shape index (κ1) is 9.61. The second kappa shape index (κ2) is 4.52. The highest BCUT2D eigenvalue weighted by molar-refractivity contribution is 4.96. The molecular weight excluding hydrogens is 180 g/mol. The van der Waals surface area contributed by atoms with Crippen molar-refractivity contribution in [1.29, 1.82) is 0 Å². The smallest absolute Gasteiger partial charge is 0.227 e. The third-order valence-electron chi connectivity index (χ3n) is 2.44. The molecule has 0 amide bonds. The van der Waals surface area contributed by atoms with Gasteiger partial charge in [-0.3, -0.25) is 0 Å². The van der Waals surface area contributed by atoms with E-state index in [1.54, 1.807) is 0 Å². The van der Waals surface area contributed by atoms with Gasteiger partial charge in [-0.2, -0.15) is 4.98 Å². The molecule has 78 valence electrons. The van der Waals surface area contributed by atoms with Gasteiger partial charge in [0.25, 0.3) is 0 Å². The molecule has 1 aliphatic heterocycles. The lowest BCUT2D eigenvalue weighted by Gasteiger charge is -2.01. The first-order valence-corrected chi connectivity index (χ1v) is 5.10. The number of rotatable bonds is 4. The number of nitrogens with one attached hydrogen (secondary N) is 2. The maximum Gasteiger partial charge on any atom is 0.227 e. The van der Waals surface area contributed by atoms with E-state index in [0.29, 0.717) is 6.04 Å². The summed E-state index contributed by atoms with van der Waals surface area (Å²) in [6.07, 6.45) is 3.12. The topological polar surface area (TPSA) is 63.0 Å². The van der Waals surface area contributed by atoms with Gasteiger partial charge in [0.1, 0.15) is 0 Å². The zero-order valence-electron chi connectivity index (χ0n) is 8.42. The summed E-state index contributed by atoms with van der Waals surface area (Å²) in [6.45, 7) is 1.94. The summed E-state index contributed by atoms with van der Waals surface area (Å²) in [5.41, 5.74) is 0. The number of likely N-dealkylation sites (N-methyl/N-ethyl adjacent to an activating group) is 1. The zero-order valence-corrected chi connectivity index (χ0v) is 8.42. The normalized spacial score (nSPS) is 21.6. The van der Waals surface area contributed by atoms with Crippen molar-refractivity contribution in [2.24, 2.45) is 0 Å². The molecule has 14 heavy (non-hydrogen) atoms. The van der Waals surface area contributed by atoms with Gasteiger partial charge in [0.2, 0.25) is 5.89 Å². The third kappa shape index (κ3) is 2.10. The minimum atomic E-state index is 0.307. The lowest BCUT2D eigenvalue weighted by atomic mass is 10.2. The largest absolute Gasteiger partial charge is 0.339 e. The van der Waals surface area contributed by atoms with Gasteiger partial charge in [-0.15, -0.1) is 0 Å². The molecular formula is C9H16N4O. The van der Waals surface area contributed by atoms with Gasteiger partial charge < -0.3 is 15.2 Å². The average Bonchev–Trinajstić information content (AvgIpc) is 2.85. The second-order valence-corrected chi connectivity index (χ2v) is 3.55. The summed E-state index contributed by atoms with van der Waals surface area (Å²) in [5, 5.41) is 10.4. The van der Waals surface area contributed by atoms with Crippen LogP contribution in [0.3, 0.4) is 0 Å². The maximum atomic E-state index is 5.14. The average molecular weight is 196 g/mol. The van der Waals surface area contributed by atoms with Crippen molar-refractivity contribution in [1.82, 2.24) is 20.8 Å². The van der Waals surface area contributed by atoms with E-state index in [2.05, 4.69) is 20.8 Å². The molecule has 2 rings (SSSR count). The van der Waals surface area contributed by atoms with E-state index in [-0.39, 0.29) is 0 Å². The Kier molecular flexibility index (Phi) is 3.10. The third-order valence-corrected chi connectivity index (χ3v) is 2.44. The highest BCUT2D eigenvalue weighted by Crippen LogP contribution is 2.19. The van der Waals surface area contributed by atoms with E-state index >= 15 is 0 Å². The molecule has 1 unspecified atom stereocenters. The molecule has 5 heteroatoms. The summed E-state index contributed by atoms with van der Waals surface area (Å²) in [6, 6.07) is 0.307. The van der Waals surface area contributed by atoms with Gasteiger partial charge >= 0.3 is 0 Å². The van der Waals surface area contributed by atoms with E-state index in [1.165, 1.54) is 6.42 Å². The summed E-state index contributed by atoms with van der Waals surface area (Å²) in [4.78, 5) is 4.35. The Balaban J connectivity index is 1.94. The van der Waals surface area contributed by atoms with Gasteiger partial charge in [0.15, 0.2) is 5.82 Å². The van der Waals surface area contributed by atoms with Crippen LogP contribution in [0.2, 0.25) is 0 Å². The molecule has 0 aromatic carbocycles. The summed E-state index contributed by atoms with van der Waals surface area (Å²) in [7, 11) is 1.91. The van der Waals surface area contributed by atoms with Crippen molar-refractivity contribution in [2.45, 2.75) is 25.3 Å². The molecule has 2 N–H and O–H groups in total. The van der Waals surface area contributed by atoms with E-state index in [9.17, 15) is 0 Å². The Hall–Kier alpha value is -0.940. The molecule has 1 fully saturated rings.